The summed E-state index contributed by atoms with van der Waals surface area (Å²) >= 11 is 0. The fourth-order valence-electron chi connectivity index (χ4n) is 1.44. The molecule has 0 atom stereocenters. The summed E-state index contributed by atoms with van der Waals surface area (Å²) in [5, 5.41) is 5.20. The molecular formula is C13H18N2O3. The Bertz CT molecular complexity index is 418. The standard InChI is InChI=1S/C13H18N2O3/c1-10-5-3-4-6-11(10)13(17)15-9-12(16)14-7-8-18-2/h3-6H,7-9H2,1-2H3,(H,14,16)(H,15,17). The normalized spacial score (nSPS) is 9.89. The minimum atomic E-state index is -0.241. The van der Waals surface area contributed by atoms with Crippen LogP contribution in [-0.2, 0) is 9.53 Å². The van der Waals surface area contributed by atoms with E-state index >= 15 is 0 Å². The average Bonchev–Trinajstić information content (AvgIpc) is 2.37. The molecule has 98 valence electrons. The van der Waals surface area contributed by atoms with Crippen molar-refractivity contribution in [3.63, 3.8) is 0 Å². The summed E-state index contributed by atoms with van der Waals surface area (Å²) in [6, 6.07) is 7.24. The van der Waals surface area contributed by atoms with Gasteiger partial charge in [0.2, 0.25) is 5.91 Å². The second-order valence-electron chi connectivity index (χ2n) is 3.84. The van der Waals surface area contributed by atoms with Crippen LogP contribution in [0.1, 0.15) is 15.9 Å². The molecule has 1 aromatic carbocycles. The van der Waals surface area contributed by atoms with Crippen molar-refractivity contribution in [3.8, 4) is 0 Å². The Labute approximate surface area is 107 Å². The third-order valence-electron chi connectivity index (χ3n) is 2.43. The zero-order valence-corrected chi connectivity index (χ0v) is 10.7. The molecule has 0 heterocycles. The lowest BCUT2D eigenvalue weighted by Gasteiger charge is -2.08. The minimum absolute atomic E-state index is 0.0309. The lowest BCUT2D eigenvalue weighted by molar-refractivity contribution is -0.120. The number of carbonyl (C=O) groups excluding carboxylic acids is 2. The first-order valence-corrected chi connectivity index (χ1v) is 5.74. The maximum atomic E-state index is 11.8. The molecule has 2 amide bonds. The van der Waals surface area contributed by atoms with Crippen molar-refractivity contribution in [2.24, 2.45) is 0 Å². The lowest BCUT2D eigenvalue weighted by Crippen LogP contribution is -2.38. The number of carbonyl (C=O) groups is 2. The van der Waals surface area contributed by atoms with Gasteiger partial charge in [-0.2, -0.15) is 0 Å². The third kappa shape index (κ3) is 4.55. The summed E-state index contributed by atoms with van der Waals surface area (Å²) in [7, 11) is 1.56. The van der Waals surface area contributed by atoms with E-state index in [4.69, 9.17) is 4.74 Å². The molecule has 1 rings (SSSR count). The van der Waals surface area contributed by atoms with E-state index < -0.39 is 0 Å². The van der Waals surface area contributed by atoms with Crippen LogP contribution in [0.4, 0.5) is 0 Å². The monoisotopic (exact) mass is 250 g/mol. The average molecular weight is 250 g/mol. The van der Waals surface area contributed by atoms with Gasteiger partial charge in [-0.3, -0.25) is 9.59 Å². The number of benzene rings is 1. The van der Waals surface area contributed by atoms with Crippen LogP contribution in [0.3, 0.4) is 0 Å². The van der Waals surface area contributed by atoms with Crippen LogP contribution < -0.4 is 10.6 Å². The fraction of sp³-hybridized carbons (Fsp3) is 0.385. The number of nitrogens with one attached hydrogen (secondary N) is 2. The van der Waals surface area contributed by atoms with Crippen molar-refractivity contribution in [1.82, 2.24) is 10.6 Å². The third-order valence-corrected chi connectivity index (χ3v) is 2.43. The molecule has 0 spiro atoms. The summed E-state index contributed by atoms with van der Waals surface area (Å²) in [6.07, 6.45) is 0. The van der Waals surface area contributed by atoms with Gasteiger partial charge in [-0.25, -0.2) is 0 Å². The molecule has 0 aromatic heterocycles. The first-order valence-electron chi connectivity index (χ1n) is 5.74. The van der Waals surface area contributed by atoms with E-state index in [0.717, 1.165) is 5.56 Å². The Morgan fingerprint density at radius 2 is 1.94 bits per heavy atom. The summed E-state index contributed by atoms with van der Waals surface area (Å²) in [4.78, 5) is 23.1. The van der Waals surface area contributed by atoms with E-state index in [0.29, 0.717) is 18.7 Å². The van der Waals surface area contributed by atoms with E-state index in [1.54, 1.807) is 19.2 Å². The minimum Gasteiger partial charge on any atom is -0.383 e. The molecule has 5 heteroatoms. The Kier molecular flexibility index (Phi) is 5.87. The summed E-state index contributed by atoms with van der Waals surface area (Å²) < 4.78 is 4.80. The highest BCUT2D eigenvalue weighted by atomic mass is 16.5. The number of rotatable bonds is 6. The van der Waals surface area contributed by atoms with Crippen LogP contribution in [0, 0.1) is 6.92 Å². The summed E-state index contributed by atoms with van der Waals surface area (Å²) in [5.74, 6) is -0.469. The molecule has 18 heavy (non-hydrogen) atoms. The van der Waals surface area contributed by atoms with Gasteiger partial charge in [-0.1, -0.05) is 18.2 Å². The van der Waals surface area contributed by atoms with Crippen LogP contribution in [0.5, 0.6) is 0 Å². The maximum absolute atomic E-state index is 11.8. The highest BCUT2D eigenvalue weighted by Crippen LogP contribution is 2.05. The fourth-order valence-corrected chi connectivity index (χ4v) is 1.44. The smallest absolute Gasteiger partial charge is 0.251 e. The summed E-state index contributed by atoms with van der Waals surface area (Å²) in [6.45, 7) is 2.72. The predicted octanol–water partition coefficient (Wildman–Crippen LogP) is 0.487. The molecule has 0 saturated heterocycles. The van der Waals surface area contributed by atoms with Crippen LogP contribution in [-0.4, -0.2) is 38.6 Å². The lowest BCUT2D eigenvalue weighted by atomic mass is 10.1. The predicted molar refractivity (Wildman–Crippen MR) is 68.4 cm³/mol. The van der Waals surface area contributed by atoms with E-state index in [1.165, 1.54) is 0 Å². The largest absolute Gasteiger partial charge is 0.383 e. The second-order valence-corrected chi connectivity index (χ2v) is 3.84. The van der Waals surface area contributed by atoms with E-state index in [2.05, 4.69) is 10.6 Å². The van der Waals surface area contributed by atoms with Crippen LogP contribution in [0.15, 0.2) is 24.3 Å². The number of amides is 2. The Morgan fingerprint density at radius 1 is 1.22 bits per heavy atom. The topological polar surface area (TPSA) is 67.4 Å². The molecular weight excluding hydrogens is 232 g/mol. The highest BCUT2D eigenvalue weighted by Gasteiger charge is 2.09. The van der Waals surface area contributed by atoms with E-state index in [9.17, 15) is 9.59 Å². The molecule has 0 radical (unpaired) electrons. The van der Waals surface area contributed by atoms with Crippen molar-refractivity contribution < 1.29 is 14.3 Å². The van der Waals surface area contributed by atoms with Crippen molar-refractivity contribution >= 4 is 11.8 Å². The van der Waals surface area contributed by atoms with Gasteiger partial charge in [-0.05, 0) is 18.6 Å². The van der Waals surface area contributed by atoms with Gasteiger partial charge in [0.1, 0.15) is 0 Å². The molecule has 2 N–H and O–H groups in total. The van der Waals surface area contributed by atoms with Crippen molar-refractivity contribution in [2.75, 3.05) is 26.8 Å². The van der Waals surface area contributed by atoms with Gasteiger partial charge in [-0.15, -0.1) is 0 Å². The number of hydrogen-bond donors (Lipinski definition) is 2. The zero-order chi connectivity index (χ0) is 13.4. The molecule has 0 unspecified atom stereocenters. The van der Waals surface area contributed by atoms with Gasteiger partial charge in [0.05, 0.1) is 13.2 Å². The van der Waals surface area contributed by atoms with Gasteiger partial charge < -0.3 is 15.4 Å². The van der Waals surface area contributed by atoms with Gasteiger partial charge >= 0.3 is 0 Å². The number of methoxy groups -OCH3 is 1. The summed E-state index contributed by atoms with van der Waals surface area (Å²) in [5.41, 5.74) is 1.47. The van der Waals surface area contributed by atoms with Crippen molar-refractivity contribution in [3.05, 3.63) is 35.4 Å². The first kappa shape index (κ1) is 14.2. The molecule has 0 aliphatic rings. The van der Waals surface area contributed by atoms with Crippen molar-refractivity contribution in [2.45, 2.75) is 6.92 Å². The van der Waals surface area contributed by atoms with E-state index in [-0.39, 0.29) is 18.4 Å². The second kappa shape index (κ2) is 7.45. The molecule has 0 fully saturated rings. The highest BCUT2D eigenvalue weighted by molar-refractivity contribution is 5.97. The molecule has 0 bridgehead atoms. The SMILES string of the molecule is COCCNC(=O)CNC(=O)c1ccccc1C. The zero-order valence-electron chi connectivity index (χ0n) is 10.7. The molecule has 5 nitrogen and oxygen atoms in total. The number of hydrogen-bond acceptors (Lipinski definition) is 3. The van der Waals surface area contributed by atoms with Gasteiger partial charge in [0.25, 0.3) is 5.91 Å². The van der Waals surface area contributed by atoms with E-state index in [1.807, 2.05) is 19.1 Å². The Morgan fingerprint density at radius 3 is 2.61 bits per heavy atom. The van der Waals surface area contributed by atoms with Crippen molar-refractivity contribution in [1.29, 1.82) is 0 Å². The van der Waals surface area contributed by atoms with Crippen LogP contribution in [0.2, 0.25) is 0 Å². The molecule has 1 aromatic rings. The maximum Gasteiger partial charge on any atom is 0.251 e. The Hall–Kier alpha value is -1.88. The Balaban J connectivity index is 2.38. The molecule has 0 saturated carbocycles. The van der Waals surface area contributed by atoms with Crippen LogP contribution in [0.25, 0.3) is 0 Å². The molecule has 0 aliphatic carbocycles. The first-order chi connectivity index (χ1) is 8.65. The number of ether oxygens (including phenoxy) is 1. The van der Waals surface area contributed by atoms with Crippen LogP contribution >= 0.6 is 0 Å². The quantitative estimate of drug-likeness (QED) is 0.722. The van der Waals surface area contributed by atoms with Gasteiger partial charge in [0, 0.05) is 19.2 Å². The van der Waals surface area contributed by atoms with Gasteiger partial charge in [0.15, 0.2) is 0 Å². The number of aryl methyl sites for hydroxylation is 1. The molecule has 0 aliphatic heterocycles.